The van der Waals surface area contributed by atoms with E-state index in [4.69, 9.17) is 9.47 Å². The van der Waals surface area contributed by atoms with Gasteiger partial charge in [0.25, 0.3) is 0 Å². The molecule has 286 valence electrons. The summed E-state index contributed by atoms with van der Waals surface area (Å²) in [4.78, 5) is 41.9. The van der Waals surface area contributed by atoms with Crippen LogP contribution in [0.5, 0.6) is 0 Å². The van der Waals surface area contributed by atoms with Crippen LogP contribution in [0.4, 0.5) is 4.79 Å². The van der Waals surface area contributed by atoms with Crippen molar-refractivity contribution < 1.29 is 23.9 Å². The fourth-order valence-corrected chi connectivity index (χ4v) is 9.06. The molecule has 0 saturated carbocycles. The predicted octanol–water partition coefficient (Wildman–Crippen LogP) is 9.08. The molecule has 0 aromatic heterocycles. The van der Waals surface area contributed by atoms with Crippen molar-refractivity contribution in [1.82, 2.24) is 10.6 Å². The van der Waals surface area contributed by atoms with Crippen LogP contribution in [0.1, 0.15) is 39.3 Å². The largest absolute Gasteiger partial charge is 0.460 e. The summed E-state index contributed by atoms with van der Waals surface area (Å²) in [5.41, 5.74) is 8.23. The number of hydrogen-bond donors (Lipinski definition) is 2. The number of carbonyl (C=O) groups is 3. The molecule has 1 aliphatic carbocycles. The number of rotatable bonds is 16. The SMILES string of the molecule is C=CCOC(=O)[C@H](Cc1ccccc1)NC(=O)[C@H](CSC(c1ccccc1)(c1ccccc1)c1ccccc1)NC(=O)OCC1c2ccccc2-c2ccccc21. The first-order chi connectivity index (χ1) is 28.0. The van der Waals surface area contributed by atoms with Crippen molar-refractivity contribution in [2.24, 2.45) is 0 Å². The number of carbonyl (C=O) groups excluding carboxylic acids is 3. The van der Waals surface area contributed by atoms with E-state index in [1.807, 2.05) is 109 Å². The van der Waals surface area contributed by atoms with Crippen LogP contribution in [0.3, 0.4) is 0 Å². The molecule has 6 aromatic carbocycles. The third-order valence-electron chi connectivity index (χ3n) is 10.2. The molecule has 0 heterocycles. The number of ether oxygens (including phenoxy) is 2. The van der Waals surface area contributed by atoms with Gasteiger partial charge in [-0.1, -0.05) is 183 Å². The molecule has 7 nitrogen and oxygen atoms in total. The molecular weight excluding hydrogens is 729 g/mol. The Morgan fingerprint density at radius 1 is 0.614 bits per heavy atom. The molecule has 1 aliphatic rings. The molecule has 6 aromatic rings. The maximum atomic E-state index is 14.5. The Hall–Kier alpha value is -6.38. The summed E-state index contributed by atoms with van der Waals surface area (Å²) in [6.45, 7) is 3.73. The van der Waals surface area contributed by atoms with Gasteiger partial charge in [0.2, 0.25) is 5.91 Å². The van der Waals surface area contributed by atoms with E-state index in [0.29, 0.717) is 0 Å². The molecule has 8 heteroatoms. The van der Waals surface area contributed by atoms with Crippen LogP contribution in [0.15, 0.2) is 183 Å². The monoisotopic (exact) mass is 772 g/mol. The van der Waals surface area contributed by atoms with Crippen molar-refractivity contribution in [2.45, 2.75) is 29.2 Å². The number of alkyl carbamates (subject to hydrolysis) is 1. The molecule has 7 rings (SSSR count). The summed E-state index contributed by atoms with van der Waals surface area (Å²) in [5, 5.41) is 5.83. The maximum absolute atomic E-state index is 14.5. The van der Waals surface area contributed by atoms with E-state index < -0.39 is 34.8 Å². The maximum Gasteiger partial charge on any atom is 0.407 e. The minimum atomic E-state index is -1.12. The van der Waals surface area contributed by atoms with E-state index in [1.54, 1.807) is 0 Å². The smallest absolute Gasteiger partial charge is 0.407 e. The summed E-state index contributed by atoms with van der Waals surface area (Å²) in [5.74, 6) is -1.20. The van der Waals surface area contributed by atoms with Gasteiger partial charge in [0.15, 0.2) is 0 Å². The second kappa shape index (κ2) is 18.5. The normalized spacial score (nSPS) is 13.0. The Bertz CT molecular complexity index is 2140. The lowest BCUT2D eigenvalue weighted by atomic mass is 9.84. The molecule has 0 aliphatic heterocycles. The van der Waals surface area contributed by atoms with Gasteiger partial charge in [-0.2, -0.15) is 0 Å². The average Bonchev–Trinajstić information content (AvgIpc) is 3.59. The second-order valence-corrected chi connectivity index (χ2v) is 15.0. The fourth-order valence-electron chi connectivity index (χ4n) is 7.50. The first-order valence-corrected chi connectivity index (χ1v) is 20.0. The van der Waals surface area contributed by atoms with Crippen LogP contribution in [0.25, 0.3) is 11.1 Å². The minimum absolute atomic E-state index is 0.00891. The van der Waals surface area contributed by atoms with Crippen LogP contribution in [0.2, 0.25) is 0 Å². The van der Waals surface area contributed by atoms with Crippen molar-refractivity contribution >= 4 is 29.7 Å². The molecule has 2 atom stereocenters. The summed E-state index contributed by atoms with van der Waals surface area (Å²) in [6.07, 6.45) is 0.930. The highest BCUT2D eigenvalue weighted by Crippen LogP contribution is 2.49. The van der Waals surface area contributed by atoms with Crippen LogP contribution < -0.4 is 10.6 Å². The second-order valence-electron chi connectivity index (χ2n) is 13.8. The van der Waals surface area contributed by atoms with Crippen molar-refractivity contribution in [1.29, 1.82) is 0 Å². The molecule has 0 saturated heterocycles. The number of fused-ring (bicyclic) bond motifs is 3. The van der Waals surface area contributed by atoms with Gasteiger partial charge < -0.3 is 20.1 Å². The molecule has 0 unspecified atom stereocenters. The zero-order valence-corrected chi connectivity index (χ0v) is 32.3. The predicted molar refractivity (Wildman–Crippen MR) is 227 cm³/mol. The Morgan fingerprint density at radius 3 is 1.60 bits per heavy atom. The highest BCUT2D eigenvalue weighted by atomic mass is 32.2. The highest BCUT2D eigenvalue weighted by molar-refractivity contribution is 8.00. The average molecular weight is 773 g/mol. The van der Waals surface area contributed by atoms with Crippen LogP contribution >= 0.6 is 11.8 Å². The van der Waals surface area contributed by atoms with Crippen molar-refractivity contribution in [3.05, 3.63) is 216 Å². The quantitative estimate of drug-likeness (QED) is 0.0580. The standard InChI is InChI=1S/C49H44N2O5S/c1-2-31-55-47(53)44(32-35-19-7-3-8-20-35)50-46(52)45(51-48(54)56-33-43-41-29-17-15-27-39(41)40-28-16-18-30-42(40)43)34-57-49(36-21-9-4-10-22-36,37-23-11-5-12-24-37)38-25-13-6-14-26-38/h2-30,43-45H,1,31-34H2,(H,50,52)(H,51,54)/t44-,45-/m0/s1. The molecule has 0 bridgehead atoms. The van der Waals surface area contributed by atoms with Crippen LogP contribution in [-0.2, 0) is 30.2 Å². The van der Waals surface area contributed by atoms with Crippen LogP contribution in [0, 0.1) is 0 Å². The van der Waals surface area contributed by atoms with E-state index in [0.717, 1.165) is 44.5 Å². The lowest BCUT2D eigenvalue weighted by molar-refractivity contribution is -0.146. The fraction of sp³-hybridized carbons (Fsp3) is 0.163. The van der Waals surface area contributed by atoms with E-state index in [9.17, 15) is 14.4 Å². The van der Waals surface area contributed by atoms with E-state index in [-0.39, 0.29) is 31.3 Å². The third-order valence-corrected chi connectivity index (χ3v) is 11.8. The zero-order chi connectivity index (χ0) is 39.5. The first kappa shape index (κ1) is 38.9. The lowest BCUT2D eigenvalue weighted by Gasteiger charge is -2.36. The van der Waals surface area contributed by atoms with Gasteiger partial charge in [0.05, 0.1) is 4.75 Å². The summed E-state index contributed by atoms with van der Waals surface area (Å²) < 4.78 is 10.6. The Balaban J connectivity index is 1.20. The molecule has 0 radical (unpaired) electrons. The molecule has 2 amide bonds. The van der Waals surface area contributed by atoms with E-state index in [2.05, 4.69) is 77.9 Å². The highest BCUT2D eigenvalue weighted by Gasteiger charge is 2.39. The Labute approximate surface area is 338 Å². The summed E-state index contributed by atoms with van der Waals surface area (Å²) in [7, 11) is 0. The van der Waals surface area contributed by atoms with Gasteiger partial charge in [0, 0.05) is 18.1 Å². The summed E-state index contributed by atoms with van der Waals surface area (Å²) >= 11 is 1.52. The number of esters is 1. The topological polar surface area (TPSA) is 93.7 Å². The molecule has 0 fully saturated rings. The van der Waals surface area contributed by atoms with Gasteiger partial charge >= 0.3 is 12.1 Å². The summed E-state index contributed by atoms with van der Waals surface area (Å²) in [6, 6.07) is 53.9. The first-order valence-electron chi connectivity index (χ1n) is 19.0. The van der Waals surface area contributed by atoms with Gasteiger partial charge in [-0.05, 0) is 44.5 Å². The molecule has 57 heavy (non-hydrogen) atoms. The van der Waals surface area contributed by atoms with Crippen molar-refractivity contribution in [3.8, 4) is 11.1 Å². The molecule has 0 spiro atoms. The lowest BCUT2D eigenvalue weighted by Crippen LogP contribution is -2.54. The van der Waals surface area contributed by atoms with Gasteiger partial charge in [0.1, 0.15) is 25.3 Å². The van der Waals surface area contributed by atoms with E-state index >= 15 is 0 Å². The number of hydrogen-bond acceptors (Lipinski definition) is 6. The third kappa shape index (κ3) is 8.87. The Kier molecular flexibility index (Phi) is 12.6. The zero-order valence-electron chi connectivity index (χ0n) is 31.5. The number of benzene rings is 6. The van der Waals surface area contributed by atoms with Crippen molar-refractivity contribution in [3.63, 3.8) is 0 Å². The van der Waals surface area contributed by atoms with E-state index in [1.165, 1.54) is 17.8 Å². The van der Waals surface area contributed by atoms with Crippen LogP contribution in [-0.4, -0.2) is 49.0 Å². The molecule has 2 N–H and O–H groups in total. The number of nitrogens with one attached hydrogen (secondary N) is 2. The number of amides is 2. The van der Waals surface area contributed by atoms with Gasteiger partial charge in [-0.3, -0.25) is 4.79 Å². The van der Waals surface area contributed by atoms with Crippen molar-refractivity contribution in [2.75, 3.05) is 19.0 Å². The number of thioether (sulfide) groups is 1. The minimum Gasteiger partial charge on any atom is -0.460 e. The van der Waals surface area contributed by atoms with Gasteiger partial charge in [-0.25, -0.2) is 9.59 Å². The molecular formula is C49H44N2O5S. The Morgan fingerprint density at radius 2 is 1.09 bits per heavy atom. The van der Waals surface area contributed by atoms with Gasteiger partial charge in [-0.15, -0.1) is 11.8 Å².